The molecule has 0 saturated heterocycles. The van der Waals surface area contributed by atoms with Gasteiger partial charge in [-0.25, -0.2) is 0 Å². The smallest absolute Gasteiger partial charge is 0.306 e. The molecular weight excluding hydrogens is 823 g/mol. The third-order valence-electron chi connectivity index (χ3n) is 10.3. The second-order valence-corrected chi connectivity index (χ2v) is 17.3. The molecule has 8 heteroatoms. The van der Waals surface area contributed by atoms with E-state index in [1.165, 1.54) is 0 Å². The minimum absolute atomic E-state index is 0.00906. The number of carboxylic acid groups (broad SMARTS) is 1. The SMILES string of the molecule is CC/C=C/C/C=C/C/C=C/C/C=C/C/C=C/C/C=C/CCCCCCC(=O)OC(COCCC(C(=O)[O-])[N+](C)(C)C)COC(=O)CCCCC/C=C/C/C=C/C/C=C/C/C=C/C/C=C/CC. The topological polar surface area (TPSA) is 102 Å². The summed E-state index contributed by atoms with van der Waals surface area (Å²) in [6.45, 7) is 4.35. The van der Waals surface area contributed by atoms with E-state index in [1.807, 2.05) is 0 Å². The Morgan fingerprint density at radius 3 is 1.18 bits per heavy atom. The average Bonchev–Trinajstić information content (AvgIpc) is 3.28. The van der Waals surface area contributed by atoms with Crippen molar-refractivity contribution in [2.75, 3.05) is 41.0 Å². The molecule has 0 rings (SSSR count). The van der Waals surface area contributed by atoms with E-state index in [0.717, 1.165) is 122 Å². The molecule has 0 bridgehead atoms. The molecule has 0 aliphatic heterocycles. The molecule has 0 aromatic rings. The van der Waals surface area contributed by atoms with E-state index in [1.54, 1.807) is 21.1 Å². The molecule has 0 aliphatic rings. The van der Waals surface area contributed by atoms with Gasteiger partial charge in [0.25, 0.3) is 0 Å². The van der Waals surface area contributed by atoms with Crippen LogP contribution in [0, 0.1) is 0 Å². The largest absolute Gasteiger partial charge is 0.544 e. The molecule has 0 spiro atoms. The Morgan fingerprint density at radius 1 is 0.455 bits per heavy atom. The number of nitrogens with zero attached hydrogens (tertiary/aromatic N) is 1. The number of carbonyl (C=O) groups is 3. The number of allylic oxidation sites excluding steroid dienone is 22. The Morgan fingerprint density at radius 2 is 0.803 bits per heavy atom. The number of unbranched alkanes of at least 4 members (excludes halogenated alkanes) is 7. The van der Waals surface area contributed by atoms with Crippen molar-refractivity contribution in [2.24, 2.45) is 0 Å². The molecule has 8 nitrogen and oxygen atoms in total. The molecular formula is C58H91NO7. The van der Waals surface area contributed by atoms with E-state index >= 15 is 0 Å². The maximum absolute atomic E-state index is 12.8. The number of rotatable bonds is 43. The molecule has 2 unspecified atom stereocenters. The summed E-state index contributed by atoms with van der Waals surface area (Å²) in [6.07, 6.45) is 67.7. The van der Waals surface area contributed by atoms with Gasteiger partial charge < -0.3 is 28.6 Å². The minimum Gasteiger partial charge on any atom is -0.544 e. The predicted octanol–water partition coefficient (Wildman–Crippen LogP) is 13.4. The Kier molecular flexibility index (Phi) is 43.8. The van der Waals surface area contributed by atoms with Gasteiger partial charge in [-0.05, 0) is 109 Å². The molecule has 0 aromatic heterocycles. The predicted molar refractivity (Wildman–Crippen MR) is 277 cm³/mol. The first kappa shape index (κ1) is 61.5. The van der Waals surface area contributed by atoms with Crippen LogP contribution in [-0.4, -0.2) is 75.5 Å². The number of hydrogen-bond donors (Lipinski definition) is 0. The molecule has 0 fully saturated rings. The van der Waals surface area contributed by atoms with Gasteiger partial charge in [0, 0.05) is 19.3 Å². The summed E-state index contributed by atoms with van der Waals surface area (Å²) in [7, 11) is 5.38. The number of carboxylic acids is 1. The third-order valence-corrected chi connectivity index (χ3v) is 10.3. The highest BCUT2D eigenvalue weighted by molar-refractivity contribution is 5.70. The standard InChI is InChI=1S/C58H91NO7/c1-6-8-10-12-14-16-18-20-22-24-26-27-28-29-31-33-35-37-39-41-43-45-47-49-57(61)66-54(52-64-51-50-55(58(62)63)59(3,4)5)53-65-56(60)48-46-44-42-40-38-36-34-32-30-25-23-21-19-17-15-13-11-9-7-2/h8-11,14-17,20-23,26-27,29-32,35-38,54-55H,6-7,12-13,18-19,24-25,28,33-34,39-53H2,1-5H3/b10-8+,11-9+,16-14+,17-15+,22-20+,23-21+,27-26+,31-29+,32-30+,37-35+,38-36+. The van der Waals surface area contributed by atoms with Gasteiger partial charge in [-0.1, -0.05) is 167 Å². The quantitative estimate of drug-likeness (QED) is 0.0260. The van der Waals surface area contributed by atoms with Crippen LogP contribution in [0.4, 0.5) is 0 Å². The molecule has 370 valence electrons. The van der Waals surface area contributed by atoms with Crippen LogP contribution >= 0.6 is 0 Å². The van der Waals surface area contributed by atoms with E-state index in [4.69, 9.17) is 14.2 Å². The van der Waals surface area contributed by atoms with Crippen molar-refractivity contribution in [2.45, 2.75) is 174 Å². The van der Waals surface area contributed by atoms with Crippen LogP contribution in [0.1, 0.15) is 162 Å². The molecule has 0 N–H and O–H groups in total. The van der Waals surface area contributed by atoms with E-state index in [9.17, 15) is 19.5 Å². The van der Waals surface area contributed by atoms with Crippen molar-refractivity contribution < 1.29 is 38.2 Å². The summed E-state index contributed by atoms with van der Waals surface area (Å²) >= 11 is 0. The summed E-state index contributed by atoms with van der Waals surface area (Å²) in [4.78, 5) is 37.0. The van der Waals surface area contributed by atoms with Gasteiger partial charge in [0.05, 0.1) is 40.3 Å². The van der Waals surface area contributed by atoms with Crippen molar-refractivity contribution in [3.8, 4) is 0 Å². The minimum atomic E-state index is -1.14. The number of aliphatic carboxylic acids is 1. The van der Waals surface area contributed by atoms with Crippen molar-refractivity contribution in [3.63, 3.8) is 0 Å². The summed E-state index contributed by atoms with van der Waals surface area (Å²) in [5, 5.41) is 11.7. The Labute approximate surface area is 403 Å². The molecule has 2 atom stereocenters. The fourth-order valence-corrected chi connectivity index (χ4v) is 6.45. The molecule has 0 aromatic carbocycles. The van der Waals surface area contributed by atoms with E-state index < -0.39 is 18.1 Å². The lowest BCUT2D eigenvalue weighted by atomic mass is 10.1. The molecule has 66 heavy (non-hydrogen) atoms. The lowest BCUT2D eigenvalue weighted by molar-refractivity contribution is -0.889. The Hall–Kier alpha value is -4.53. The van der Waals surface area contributed by atoms with Crippen molar-refractivity contribution in [3.05, 3.63) is 134 Å². The summed E-state index contributed by atoms with van der Waals surface area (Å²) in [5.74, 6) is -1.83. The first-order chi connectivity index (χ1) is 32.1. The number of hydrogen-bond acceptors (Lipinski definition) is 7. The zero-order valence-corrected chi connectivity index (χ0v) is 42.0. The zero-order valence-electron chi connectivity index (χ0n) is 42.0. The Bertz CT molecular complexity index is 1530. The van der Waals surface area contributed by atoms with Gasteiger partial charge in [0.1, 0.15) is 12.6 Å². The fraction of sp³-hybridized carbons (Fsp3) is 0.569. The summed E-state index contributed by atoms with van der Waals surface area (Å²) in [5.41, 5.74) is 0. The third kappa shape index (κ3) is 44.7. The summed E-state index contributed by atoms with van der Waals surface area (Å²) in [6, 6.07) is -0.746. The normalized spacial score (nSPS) is 14.0. The van der Waals surface area contributed by atoms with Crippen LogP contribution in [0.3, 0.4) is 0 Å². The molecule has 0 amide bonds. The first-order valence-electron chi connectivity index (χ1n) is 25.2. The Balaban J connectivity index is 4.42. The molecule has 0 heterocycles. The highest BCUT2D eigenvalue weighted by atomic mass is 16.6. The van der Waals surface area contributed by atoms with Gasteiger partial charge in [-0.3, -0.25) is 9.59 Å². The van der Waals surface area contributed by atoms with Crippen molar-refractivity contribution in [1.29, 1.82) is 0 Å². The second-order valence-electron chi connectivity index (χ2n) is 17.3. The average molecular weight is 914 g/mol. The van der Waals surface area contributed by atoms with Gasteiger partial charge in [0.15, 0.2) is 6.10 Å². The van der Waals surface area contributed by atoms with Crippen LogP contribution in [0.2, 0.25) is 0 Å². The van der Waals surface area contributed by atoms with Crippen molar-refractivity contribution >= 4 is 17.9 Å². The zero-order chi connectivity index (χ0) is 48.4. The van der Waals surface area contributed by atoms with E-state index in [0.29, 0.717) is 12.8 Å². The number of quaternary nitrogens is 1. The monoisotopic (exact) mass is 914 g/mol. The number of ether oxygens (including phenoxy) is 3. The fourth-order valence-electron chi connectivity index (χ4n) is 6.45. The van der Waals surface area contributed by atoms with E-state index in [2.05, 4.69) is 148 Å². The van der Waals surface area contributed by atoms with Gasteiger partial charge in [-0.2, -0.15) is 0 Å². The molecule has 0 aliphatic carbocycles. The lowest BCUT2D eigenvalue weighted by Crippen LogP contribution is -2.55. The van der Waals surface area contributed by atoms with Crippen molar-refractivity contribution in [1.82, 2.24) is 0 Å². The first-order valence-corrected chi connectivity index (χ1v) is 25.2. The lowest BCUT2D eigenvalue weighted by Gasteiger charge is -2.34. The van der Waals surface area contributed by atoms with Crippen LogP contribution in [0.15, 0.2) is 134 Å². The highest BCUT2D eigenvalue weighted by Gasteiger charge is 2.25. The summed E-state index contributed by atoms with van der Waals surface area (Å²) < 4.78 is 17.2. The maximum Gasteiger partial charge on any atom is 0.306 e. The van der Waals surface area contributed by atoms with Gasteiger partial charge in [-0.15, -0.1) is 0 Å². The molecule has 0 radical (unpaired) electrons. The van der Waals surface area contributed by atoms with Crippen LogP contribution in [-0.2, 0) is 28.6 Å². The molecule has 0 saturated carbocycles. The highest BCUT2D eigenvalue weighted by Crippen LogP contribution is 2.12. The van der Waals surface area contributed by atoms with E-state index in [-0.39, 0.29) is 49.1 Å². The maximum atomic E-state index is 12.8. The number of esters is 2. The van der Waals surface area contributed by atoms with Crippen LogP contribution in [0.5, 0.6) is 0 Å². The number of likely N-dealkylation sites (N-methyl/N-ethyl adjacent to an activating group) is 1. The van der Waals surface area contributed by atoms with Gasteiger partial charge in [0.2, 0.25) is 0 Å². The van der Waals surface area contributed by atoms with Crippen LogP contribution < -0.4 is 5.11 Å². The number of carbonyl (C=O) groups excluding carboxylic acids is 3. The van der Waals surface area contributed by atoms with Gasteiger partial charge >= 0.3 is 11.9 Å². The second kappa shape index (κ2) is 47.0. The van der Waals surface area contributed by atoms with Crippen LogP contribution in [0.25, 0.3) is 0 Å².